The largest absolute Gasteiger partial charge is 0.325 e. The molecule has 8 nitrogen and oxygen atoms in total. The van der Waals surface area contributed by atoms with Crippen LogP contribution >= 0.6 is 0 Å². The summed E-state index contributed by atoms with van der Waals surface area (Å²) in [5, 5.41) is 0. The first-order valence-electron chi connectivity index (χ1n) is 7.07. The van der Waals surface area contributed by atoms with Crippen molar-refractivity contribution in [3.63, 3.8) is 0 Å². The van der Waals surface area contributed by atoms with Crippen molar-refractivity contribution in [2.24, 2.45) is 0 Å². The van der Waals surface area contributed by atoms with Gasteiger partial charge in [-0.3, -0.25) is 0 Å². The van der Waals surface area contributed by atoms with Gasteiger partial charge in [-0.15, -0.1) is 0 Å². The van der Waals surface area contributed by atoms with Gasteiger partial charge in [0, 0.05) is 24.8 Å². The molecule has 0 bridgehead atoms. The van der Waals surface area contributed by atoms with Crippen molar-refractivity contribution in [1.29, 1.82) is 0 Å². The number of rotatable bonds is 4. The highest BCUT2D eigenvalue weighted by molar-refractivity contribution is 5.08. The summed E-state index contributed by atoms with van der Waals surface area (Å²) in [5.41, 5.74) is 0. The van der Waals surface area contributed by atoms with Crippen LogP contribution in [0.5, 0.6) is 0 Å². The molecule has 112 valence electrons. The Bertz CT molecular complexity index is 822. The van der Waals surface area contributed by atoms with Crippen molar-refractivity contribution < 1.29 is 9.13 Å². The van der Waals surface area contributed by atoms with Gasteiger partial charge in [0.2, 0.25) is 6.67 Å². The van der Waals surface area contributed by atoms with E-state index in [1.54, 1.807) is 36.9 Å². The zero-order valence-electron chi connectivity index (χ0n) is 12.2. The fourth-order valence-corrected chi connectivity index (χ4v) is 2.23. The molecule has 4 aromatic rings. The minimum Gasteiger partial charge on any atom is -0.199 e. The lowest BCUT2D eigenvalue weighted by Crippen LogP contribution is -2.49. The van der Waals surface area contributed by atoms with E-state index in [2.05, 4.69) is 19.9 Å². The minimum absolute atomic E-state index is 0.645. The maximum absolute atomic E-state index is 4.22. The van der Waals surface area contributed by atoms with Crippen molar-refractivity contribution in [2.45, 2.75) is 6.67 Å². The van der Waals surface area contributed by atoms with Gasteiger partial charge in [-0.25, -0.2) is 0 Å². The van der Waals surface area contributed by atoms with Crippen molar-refractivity contribution >= 4 is 0 Å². The molecule has 8 heteroatoms. The lowest BCUT2D eigenvalue weighted by Gasteiger charge is -1.93. The summed E-state index contributed by atoms with van der Waals surface area (Å²) < 4.78 is 7.81. The normalized spacial score (nSPS) is 10.8. The molecule has 0 unspecified atom stereocenters. The Hall–Kier alpha value is -3.42. The topological polar surface area (TPSA) is 69.2 Å². The number of imidazole rings is 2. The summed E-state index contributed by atoms with van der Waals surface area (Å²) >= 11 is 0. The van der Waals surface area contributed by atoms with Crippen LogP contribution in [0.1, 0.15) is 0 Å². The maximum atomic E-state index is 4.22. The summed E-state index contributed by atoms with van der Waals surface area (Å²) in [7, 11) is 0. The molecule has 0 amide bonds. The van der Waals surface area contributed by atoms with Gasteiger partial charge in [0.15, 0.2) is 0 Å². The van der Waals surface area contributed by atoms with Crippen LogP contribution in [0.25, 0.3) is 11.9 Å². The van der Waals surface area contributed by atoms with Crippen molar-refractivity contribution in [3.05, 3.63) is 74.4 Å². The fraction of sp³-hybridized carbons (Fsp3) is 0.0667. The molecule has 0 saturated heterocycles. The van der Waals surface area contributed by atoms with E-state index >= 15 is 0 Å². The molecule has 0 atom stereocenters. The SMILES string of the molecule is c1cnc(-n2cc[n+](C[n+]3ccn(-c4ncccn4)c3)c2)nc1. The van der Waals surface area contributed by atoms with Crippen LogP contribution < -0.4 is 9.13 Å². The van der Waals surface area contributed by atoms with E-state index in [4.69, 9.17) is 0 Å². The molecule has 4 heterocycles. The monoisotopic (exact) mass is 306 g/mol. The second-order valence-electron chi connectivity index (χ2n) is 4.91. The Balaban J connectivity index is 1.53. The first kappa shape index (κ1) is 13.3. The van der Waals surface area contributed by atoms with Gasteiger partial charge < -0.3 is 0 Å². The van der Waals surface area contributed by atoms with Crippen LogP contribution in [0.4, 0.5) is 0 Å². The second kappa shape index (κ2) is 5.76. The molecule has 0 N–H and O–H groups in total. The van der Waals surface area contributed by atoms with Crippen molar-refractivity contribution in [1.82, 2.24) is 29.1 Å². The summed E-state index contributed by atoms with van der Waals surface area (Å²) in [6, 6.07) is 3.59. The molecular formula is C15H14N8+2. The van der Waals surface area contributed by atoms with E-state index in [1.807, 2.05) is 55.7 Å². The molecule has 23 heavy (non-hydrogen) atoms. The third kappa shape index (κ3) is 2.82. The highest BCUT2D eigenvalue weighted by Crippen LogP contribution is 1.97. The summed E-state index contributed by atoms with van der Waals surface area (Å²) in [6.45, 7) is 0.666. The van der Waals surface area contributed by atoms with E-state index in [9.17, 15) is 0 Å². The van der Waals surface area contributed by atoms with Crippen LogP contribution in [-0.4, -0.2) is 29.1 Å². The van der Waals surface area contributed by atoms with Crippen LogP contribution in [-0.2, 0) is 6.67 Å². The number of hydrogen-bond acceptors (Lipinski definition) is 4. The quantitative estimate of drug-likeness (QED) is 0.495. The second-order valence-corrected chi connectivity index (χ2v) is 4.91. The van der Waals surface area contributed by atoms with Gasteiger partial charge in [-0.2, -0.15) is 38.2 Å². The van der Waals surface area contributed by atoms with Gasteiger partial charge >= 0.3 is 11.9 Å². The first-order chi connectivity index (χ1) is 11.4. The lowest BCUT2D eigenvalue weighted by molar-refractivity contribution is -0.912. The molecule has 0 aliphatic heterocycles. The third-order valence-corrected chi connectivity index (χ3v) is 3.28. The molecule has 0 aromatic carbocycles. The number of nitrogens with zero attached hydrogens (tertiary/aromatic N) is 8. The molecule has 0 saturated carbocycles. The Morgan fingerprint density at radius 2 is 1.13 bits per heavy atom. The highest BCUT2D eigenvalue weighted by Gasteiger charge is 2.13. The molecule has 4 aromatic heterocycles. The van der Waals surface area contributed by atoms with Crippen LogP contribution in [0, 0.1) is 0 Å². The summed E-state index contributed by atoms with van der Waals surface area (Å²) in [5.74, 6) is 1.29. The van der Waals surface area contributed by atoms with Gasteiger partial charge in [-0.05, 0) is 12.1 Å². The van der Waals surface area contributed by atoms with E-state index in [0.717, 1.165) is 0 Å². The van der Waals surface area contributed by atoms with Crippen molar-refractivity contribution in [3.8, 4) is 11.9 Å². The molecule has 4 rings (SSSR count). The van der Waals surface area contributed by atoms with Gasteiger partial charge in [-0.1, -0.05) is 0 Å². The average molecular weight is 306 g/mol. The Morgan fingerprint density at radius 3 is 1.57 bits per heavy atom. The smallest absolute Gasteiger partial charge is 0.199 e. The Morgan fingerprint density at radius 1 is 0.696 bits per heavy atom. The van der Waals surface area contributed by atoms with Gasteiger partial charge in [0.1, 0.15) is 24.8 Å². The molecule has 0 radical (unpaired) electrons. The van der Waals surface area contributed by atoms with Crippen molar-refractivity contribution in [2.75, 3.05) is 0 Å². The highest BCUT2D eigenvalue weighted by atomic mass is 15.3. The predicted octanol–water partition coefficient (Wildman–Crippen LogP) is -0.0712. The van der Waals surface area contributed by atoms with Crippen LogP contribution in [0.2, 0.25) is 0 Å². The van der Waals surface area contributed by atoms with E-state index in [1.165, 1.54) is 0 Å². The number of aromatic nitrogens is 8. The molecule has 0 fully saturated rings. The maximum Gasteiger partial charge on any atom is 0.325 e. The molecule has 0 spiro atoms. The lowest BCUT2D eigenvalue weighted by atomic mass is 10.7. The predicted molar refractivity (Wildman–Crippen MR) is 78.5 cm³/mol. The van der Waals surface area contributed by atoms with E-state index in [-0.39, 0.29) is 0 Å². The third-order valence-electron chi connectivity index (χ3n) is 3.28. The zero-order chi connectivity index (χ0) is 15.5. The van der Waals surface area contributed by atoms with Gasteiger partial charge in [0.25, 0.3) is 12.7 Å². The van der Waals surface area contributed by atoms with E-state index < -0.39 is 0 Å². The van der Waals surface area contributed by atoms with E-state index in [0.29, 0.717) is 18.6 Å². The standard InChI is InChI=1S/C15H14N8/c1-3-16-14(17-4-1)22-9-7-20(12-22)11-21-8-10-23(13-21)15-18-5-2-6-19-15/h1-10,12-13H,11H2/q+2. The summed E-state index contributed by atoms with van der Waals surface area (Å²) in [6.07, 6.45) is 18.6. The number of hydrogen-bond donors (Lipinski definition) is 0. The Labute approximate surface area is 132 Å². The van der Waals surface area contributed by atoms with Crippen LogP contribution in [0.15, 0.2) is 74.4 Å². The zero-order valence-corrected chi connectivity index (χ0v) is 12.2. The fourth-order valence-electron chi connectivity index (χ4n) is 2.23. The Kier molecular flexibility index (Phi) is 3.32. The first-order valence-corrected chi connectivity index (χ1v) is 7.07. The molecule has 0 aliphatic carbocycles. The average Bonchev–Trinajstić information content (AvgIpc) is 3.27. The summed E-state index contributed by atoms with van der Waals surface area (Å²) in [4.78, 5) is 16.9. The molecular weight excluding hydrogens is 292 g/mol. The van der Waals surface area contributed by atoms with Gasteiger partial charge in [0.05, 0.1) is 0 Å². The minimum atomic E-state index is 0.645. The van der Waals surface area contributed by atoms with Crippen LogP contribution in [0.3, 0.4) is 0 Å². The molecule has 0 aliphatic rings.